The highest BCUT2D eigenvalue weighted by molar-refractivity contribution is 7.92. The van der Waals surface area contributed by atoms with Crippen molar-refractivity contribution in [1.29, 1.82) is 0 Å². The van der Waals surface area contributed by atoms with E-state index in [1.807, 2.05) is 18.2 Å². The first-order valence-electron chi connectivity index (χ1n) is 8.03. The highest BCUT2D eigenvalue weighted by Gasteiger charge is 2.31. The van der Waals surface area contributed by atoms with E-state index in [2.05, 4.69) is 0 Å². The summed E-state index contributed by atoms with van der Waals surface area (Å²) in [6.45, 7) is 0.815. The summed E-state index contributed by atoms with van der Waals surface area (Å²) in [6.07, 6.45) is 2.14. The van der Waals surface area contributed by atoms with Crippen LogP contribution in [0.25, 0.3) is 0 Å². The van der Waals surface area contributed by atoms with Gasteiger partial charge < -0.3 is 5.73 Å². The Bertz CT molecular complexity index is 895. The van der Waals surface area contributed by atoms with Gasteiger partial charge in [0.1, 0.15) is 0 Å². The van der Waals surface area contributed by atoms with E-state index in [-0.39, 0.29) is 10.6 Å². The predicted molar refractivity (Wildman–Crippen MR) is 95.1 cm³/mol. The smallest absolute Gasteiger partial charge is 0.269 e. The van der Waals surface area contributed by atoms with E-state index in [1.54, 1.807) is 0 Å². The Morgan fingerprint density at radius 3 is 2.52 bits per heavy atom. The molecule has 1 aliphatic rings. The summed E-state index contributed by atoms with van der Waals surface area (Å²) >= 11 is 0. The topological polar surface area (TPSA) is 107 Å². The molecule has 2 aromatic rings. The fraction of sp³-hybridized carbons (Fsp3) is 0.294. The minimum absolute atomic E-state index is 0.0495. The monoisotopic (exact) mass is 361 g/mol. The zero-order valence-corrected chi connectivity index (χ0v) is 14.4. The molecule has 2 N–H and O–H groups in total. The van der Waals surface area contributed by atoms with Crippen LogP contribution in [0.3, 0.4) is 0 Å². The van der Waals surface area contributed by atoms with Gasteiger partial charge in [-0.3, -0.25) is 14.4 Å². The molecule has 8 heteroatoms. The molecule has 0 fully saturated rings. The quantitative estimate of drug-likeness (QED) is 0.649. The first-order valence-corrected chi connectivity index (χ1v) is 9.47. The molecule has 25 heavy (non-hydrogen) atoms. The van der Waals surface area contributed by atoms with Gasteiger partial charge in [-0.05, 0) is 49.1 Å². The molecule has 0 saturated heterocycles. The average Bonchev–Trinajstić information content (AvgIpc) is 2.61. The van der Waals surface area contributed by atoms with Crippen LogP contribution in [-0.4, -0.2) is 26.4 Å². The molecule has 3 rings (SSSR count). The number of hydrogen-bond donors (Lipinski definition) is 1. The number of rotatable bonds is 5. The van der Waals surface area contributed by atoms with Crippen LogP contribution in [0.4, 0.5) is 11.4 Å². The van der Waals surface area contributed by atoms with Crippen molar-refractivity contribution in [3.63, 3.8) is 0 Å². The maximum atomic E-state index is 13.1. The molecule has 0 unspecified atom stereocenters. The number of anilines is 1. The number of non-ortho nitro benzene ring substituents is 1. The molecule has 0 aliphatic carbocycles. The van der Waals surface area contributed by atoms with E-state index < -0.39 is 14.9 Å². The summed E-state index contributed by atoms with van der Waals surface area (Å²) in [4.78, 5) is 10.3. The second-order valence-corrected chi connectivity index (χ2v) is 7.76. The van der Waals surface area contributed by atoms with Crippen molar-refractivity contribution < 1.29 is 13.3 Å². The van der Waals surface area contributed by atoms with Crippen molar-refractivity contribution in [3.05, 3.63) is 63.7 Å². The third-order valence-corrected chi connectivity index (χ3v) is 6.12. The fourth-order valence-corrected chi connectivity index (χ4v) is 4.74. The Morgan fingerprint density at radius 2 is 1.88 bits per heavy atom. The SMILES string of the molecule is NCCc1cccc2c1N(S(=O)(=O)c1ccc([N+](=O)[O-])cc1)CCC2. The largest absolute Gasteiger partial charge is 0.330 e. The third-order valence-electron chi connectivity index (χ3n) is 4.31. The third kappa shape index (κ3) is 3.22. The number of hydrogen-bond acceptors (Lipinski definition) is 5. The van der Waals surface area contributed by atoms with Gasteiger partial charge in [0.05, 0.1) is 15.5 Å². The van der Waals surface area contributed by atoms with Gasteiger partial charge >= 0.3 is 0 Å². The summed E-state index contributed by atoms with van der Waals surface area (Å²) in [5, 5.41) is 10.8. The molecule has 0 aromatic heterocycles. The Hall–Kier alpha value is -2.45. The Kier molecular flexibility index (Phi) is 4.73. The van der Waals surface area contributed by atoms with Crippen LogP contribution in [0.1, 0.15) is 17.5 Å². The molecule has 0 spiro atoms. The van der Waals surface area contributed by atoms with Gasteiger partial charge in [-0.1, -0.05) is 18.2 Å². The van der Waals surface area contributed by atoms with Gasteiger partial charge in [0.15, 0.2) is 0 Å². The molecule has 1 aliphatic heterocycles. The number of aryl methyl sites for hydroxylation is 1. The lowest BCUT2D eigenvalue weighted by atomic mass is 9.98. The Balaban J connectivity index is 2.06. The fourth-order valence-electron chi connectivity index (χ4n) is 3.16. The van der Waals surface area contributed by atoms with E-state index in [0.717, 1.165) is 24.0 Å². The molecule has 1 heterocycles. The molecule has 0 amide bonds. The van der Waals surface area contributed by atoms with Crippen LogP contribution >= 0.6 is 0 Å². The molecule has 0 radical (unpaired) electrons. The van der Waals surface area contributed by atoms with E-state index in [9.17, 15) is 18.5 Å². The van der Waals surface area contributed by atoms with E-state index in [4.69, 9.17) is 5.73 Å². The Morgan fingerprint density at radius 1 is 1.16 bits per heavy atom. The van der Waals surface area contributed by atoms with Crippen molar-refractivity contribution in [3.8, 4) is 0 Å². The Labute approximate surface area is 146 Å². The van der Waals surface area contributed by atoms with E-state index >= 15 is 0 Å². The number of para-hydroxylation sites is 1. The van der Waals surface area contributed by atoms with Crippen molar-refractivity contribution in [2.45, 2.75) is 24.2 Å². The van der Waals surface area contributed by atoms with Crippen molar-refractivity contribution >= 4 is 21.4 Å². The second-order valence-electron chi connectivity index (χ2n) is 5.90. The van der Waals surface area contributed by atoms with Crippen molar-refractivity contribution in [2.24, 2.45) is 5.73 Å². The zero-order chi connectivity index (χ0) is 18.0. The lowest BCUT2D eigenvalue weighted by Gasteiger charge is -2.32. The van der Waals surface area contributed by atoms with Gasteiger partial charge in [0.2, 0.25) is 0 Å². The molecule has 0 saturated carbocycles. The molecule has 0 atom stereocenters. The van der Waals surface area contributed by atoms with Gasteiger partial charge in [-0.2, -0.15) is 0 Å². The predicted octanol–water partition coefficient (Wildman–Crippen LogP) is 2.24. The van der Waals surface area contributed by atoms with Crippen LogP contribution < -0.4 is 10.0 Å². The minimum Gasteiger partial charge on any atom is -0.330 e. The van der Waals surface area contributed by atoms with Gasteiger partial charge in [0, 0.05) is 18.7 Å². The average molecular weight is 361 g/mol. The van der Waals surface area contributed by atoms with E-state index in [1.165, 1.54) is 28.6 Å². The van der Waals surface area contributed by atoms with E-state index in [0.29, 0.717) is 25.2 Å². The first kappa shape index (κ1) is 17.4. The minimum atomic E-state index is -3.79. The zero-order valence-electron chi connectivity index (χ0n) is 13.6. The van der Waals surface area contributed by atoms with Crippen LogP contribution in [0, 0.1) is 10.1 Å². The number of nitro groups is 1. The summed E-state index contributed by atoms with van der Waals surface area (Å²) < 4.78 is 27.6. The molecule has 0 bridgehead atoms. The number of sulfonamides is 1. The van der Waals surface area contributed by atoms with Crippen LogP contribution in [0.5, 0.6) is 0 Å². The summed E-state index contributed by atoms with van der Waals surface area (Å²) in [6, 6.07) is 10.8. The molecule has 132 valence electrons. The number of benzene rings is 2. The lowest BCUT2D eigenvalue weighted by molar-refractivity contribution is -0.384. The summed E-state index contributed by atoms with van der Waals surface area (Å²) in [5.74, 6) is 0. The highest BCUT2D eigenvalue weighted by Crippen LogP contribution is 2.35. The van der Waals surface area contributed by atoms with Crippen LogP contribution in [0.15, 0.2) is 47.4 Å². The lowest BCUT2D eigenvalue weighted by Crippen LogP contribution is -2.36. The highest BCUT2D eigenvalue weighted by atomic mass is 32.2. The van der Waals surface area contributed by atoms with Crippen molar-refractivity contribution in [2.75, 3.05) is 17.4 Å². The van der Waals surface area contributed by atoms with Crippen molar-refractivity contribution in [1.82, 2.24) is 0 Å². The number of nitro benzene ring substituents is 1. The number of nitrogens with zero attached hydrogens (tertiary/aromatic N) is 2. The maximum absolute atomic E-state index is 13.1. The molecular formula is C17H19N3O4S. The number of fused-ring (bicyclic) bond motifs is 1. The number of nitrogens with two attached hydrogens (primary N) is 1. The molecule has 2 aromatic carbocycles. The normalized spacial score (nSPS) is 14.2. The molecule has 7 nitrogen and oxygen atoms in total. The van der Waals surface area contributed by atoms with Crippen LogP contribution in [-0.2, 0) is 22.9 Å². The standard InChI is InChI=1S/C17H19N3O4S/c18-11-10-14-4-1-3-13-5-2-12-19(17(13)14)25(23,24)16-8-6-15(7-9-16)20(21)22/h1,3-4,6-9H,2,5,10-12,18H2. The van der Waals surface area contributed by atoms with Crippen LogP contribution in [0.2, 0.25) is 0 Å². The van der Waals surface area contributed by atoms with Gasteiger partial charge in [-0.15, -0.1) is 0 Å². The maximum Gasteiger partial charge on any atom is 0.269 e. The van der Waals surface area contributed by atoms with Gasteiger partial charge in [-0.25, -0.2) is 8.42 Å². The summed E-state index contributed by atoms with van der Waals surface area (Å²) in [5.41, 5.74) is 8.14. The molecular weight excluding hydrogens is 342 g/mol. The van der Waals surface area contributed by atoms with Gasteiger partial charge in [0.25, 0.3) is 15.7 Å². The second kappa shape index (κ2) is 6.81. The first-order chi connectivity index (χ1) is 11.9. The summed E-state index contributed by atoms with van der Waals surface area (Å²) in [7, 11) is -3.79.